The van der Waals surface area contributed by atoms with Crippen molar-refractivity contribution >= 4 is 38.7 Å². The van der Waals surface area contributed by atoms with Gasteiger partial charge in [0.2, 0.25) is 5.78 Å². The Labute approximate surface area is 117 Å². The van der Waals surface area contributed by atoms with Gasteiger partial charge in [0, 0.05) is 7.05 Å². The summed E-state index contributed by atoms with van der Waals surface area (Å²) >= 11 is 3.37. The molecule has 0 unspecified atom stereocenters. The maximum atomic E-state index is 11.3. The lowest BCUT2D eigenvalue weighted by Crippen LogP contribution is -2.05. The van der Waals surface area contributed by atoms with E-state index in [9.17, 15) is 9.90 Å². The summed E-state index contributed by atoms with van der Waals surface area (Å²) in [5, 5.41) is 9.26. The van der Waals surface area contributed by atoms with Gasteiger partial charge in [0.15, 0.2) is 5.69 Å². The number of aryl methyl sites for hydroxylation is 3. The van der Waals surface area contributed by atoms with Crippen LogP contribution in [0.3, 0.4) is 0 Å². The van der Waals surface area contributed by atoms with Crippen LogP contribution in [0.4, 0.5) is 0 Å². The topological polar surface area (TPSA) is 59.5 Å². The Morgan fingerprint density at radius 2 is 2.05 bits per heavy atom. The van der Waals surface area contributed by atoms with E-state index in [1.54, 1.807) is 11.6 Å². The summed E-state index contributed by atoms with van der Waals surface area (Å²) in [5.74, 6) is -0.356. The van der Waals surface area contributed by atoms with E-state index in [1.807, 2.05) is 24.3 Å². The van der Waals surface area contributed by atoms with Crippen molar-refractivity contribution in [2.24, 2.45) is 7.05 Å². The third-order valence-corrected chi connectivity index (χ3v) is 4.04. The van der Waals surface area contributed by atoms with E-state index in [2.05, 4.69) is 27.0 Å². The monoisotopic (exact) mass is 321 g/mol. The standard InChI is InChI=1S/C13H12BrN3O2/c1-6-4-7(2)9-8(5-6)17-11(14)10(12(18)19)16(3)13(17)15-9/h4-5H,1-3H3,(H,18,19). The number of halogens is 1. The molecule has 0 saturated heterocycles. The van der Waals surface area contributed by atoms with Crippen molar-refractivity contribution in [3.63, 3.8) is 0 Å². The molecule has 0 fully saturated rings. The van der Waals surface area contributed by atoms with E-state index < -0.39 is 5.97 Å². The van der Waals surface area contributed by atoms with Gasteiger partial charge in [-0.1, -0.05) is 6.07 Å². The highest BCUT2D eigenvalue weighted by molar-refractivity contribution is 9.10. The van der Waals surface area contributed by atoms with Gasteiger partial charge in [-0.05, 0) is 47.0 Å². The maximum absolute atomic E-state index is 11.3. The van der Waals surface area contributed by atoms with Crippen molar-refractivity contribution in [1.29, 1.82) is 0 Å². The van der Waals surface area contributed by atoms with E-state index in [-0.39, 0.29) is 5.69 Å². The third-order valence-electron chi connectivity index (χ3n) is 3.31. The summed E-state index contributed by atoms with van der Waals surface area (Å²) in [6.07, 6.45) is 0. The van der Waals surface area contributed by atoms with E-state index in [1.165, 1.54) is 0 Å². The fraction of sp³-hybridized carbons (Fsp3) is 0.231. The van der Waals surface area contributed by atoms with Crippen LogP contribution in [0.25, 0.3) is 16.8 Å². The third kappa shape index (κ3) is 1.53. The molecule has 2 aromatic heterocycles. The first-order chi connectivity index (χ1) is 8.91. The number of aromatic nitrogens is 3. The van der Waals surface area contributed by atoms with Crippen LogP contribution < -0.4 is 0 Å². The highest BCUT2D eigenvalue weighted by atomic mass is 79.9. The van der Waals surface area contributed by atoms with Gasteiger partial charge in [-0.25, -0.2) is 9.78 Å². The first-order valence-corrected chi connectivity index (χ1v) is 6.58. The van der Waals surface area contributed by atoms with Crippen LogP contribution in [-0.2, 0) is 7.05 Å². The van der Waals surface area contributed by atoms with Crippen molar-refractivity contribution in [2.75, 3.05) is 0 Å². The molecule has 3 rings (SSSR count). The summed E-state index contributed by atoms with van der Waals surface area (Å²) in [6, 6.07) is 4.08. The van der Waals surface area contributed by atoms with Crippen molar-refractivity contribution < 1.29 is 9.90 Å². The Balaban J connectivity index is 2.57. The molecule has 1 N–H and O–H groups in total. The summed E-state index contributed by atoms with van der Waals surface area (Å²) in [6.45, 7) is 4.02. The first kappa shape index (κ1) is 12.2. The van der Waals surface area contributed by atoms with Crippen molar-refractivity contribution in [1.82, 2.24) is 14.0 Å². The van der Waals surface area contributed by atoms with Crippen LogP contribution in [-0.4, -0.2) is 25.0 Å². The molecule has 0 aliphatic carbocycles. The molecule has 0 amide bonds. The summed E-state index contributed by atoms with van der Waals surface area (Å²) in [4.78, 5) is 15.8. The van der Waals surface area contributed by atoms with Gasteiger partial charge in [-0.2, -0.15) is 0 Å². The van der Waals surface area contributed by atoms with Crippen molar-refractivity contribution in [3.8, 4) is 0 Å². The molecular formula is C13H12BrN3O2. The molecule has 1 aromatic carbocycles. The number of carboxylic acids is 1. The van der Waals surface area contributed by atoms with Gasteiger partial charge in [-0.15, -0.1) is 0 Å². The number of nitrogens with zero attached hydrogens (tertiary/aromatic N) is 3. The van der Waals surface area contributed by atoms with Gasteiger partial charge >= 0.3 is 5.97 Å². The Kier molecular flexibility index (Phi) is 2.47. The van der Waals surface area contributed by atoms with Crippen LogP contribution >= 0.6 is 15.9 Å². The zero-order valence-corrected chi connectivity index (χ0v) is 12.3. The number of carboxylic acid groups (broad SMARTS) is 1. The molecule has 0 atom stereocenters. The molecule has 0 bridgehead atoms. The minimum absolute atomic E-state index is 0.198. The van der Waals surface area contributed by atoms with Crippen LogP contribution in [0.15, 0.2) is 16.7 Å². The van der Waals surface area contributed by atoms with Gasteiger partial charge < -0.3 is 9.67 Å². The molecule has 0 aliphatic rings. The van der Waals surface area contributed by atoms with Gasteiger partial charge in [0.25, 0.3) is 0 Å². The van der Waals surface area contributed by atoms with Crippen molar-refractivity contribution in [3.05, 3.63) is 33.6 Å². The average molecular weight is 322 g/mol. The predicted molar refractivity (Wildman–Crippen MR) is 75.8 cm³/mol. The molecule has 0 radical (unpaired) electrons. The fourth-order valence-electron chi connectivity index (χ4n) is 2.51. The molecule has 5 nitrogen and oxygen atoms in total. The van der Waals surface area contributed by atoms with Gasteiger partial charge in [0.05, 0.1) is 11.0 Å². The molecule has 19 heavy (non-hydrogen) atoms. The molecule has 3 aromatic rings. The Bertz CT molecular complexity index is 845. The fourth-order valence-corrected chi connectivity index (χ4v) is 3.29. The minimum atomic E-state index is -0.975. The van der Waals surface area contributed by atoms with Crippen molar-refractivity contribution in [2.45, 2.75) is 13.8 Å². The number of hydrogen-bond acceptors (Lipinski definition) is 2. The van der Waals surface area contributed by atoms with Gasteiger partial charge in [-0.3, -0.25) is 4.40 Å². The Morgan fingerprint density at radius 1 is 1.37 bits per heavy atom. The molecule has 98 valence electrons. The quantitative estimate of drug-likeness (QED) is 0.749. The number of imidazole rings is 2. The normalized spacial score (nSPS) is 11.6. The summed E-state index contributed by atoms with van der Waals surface area (Å²) < 4.78 is 3.94. The number of carbonyl (C=O) groups is 1. The number of hydrogen-bond donors (Lipinski definition) is 1. The highest BCUT2D eigenvalue weighted by Crippen LogP contribution is 2.29. The van der Waals surface area contributed by atoms with E-state index in [4.69, 9.17) is 0 Å². The summed E-state index contributed by atoms with van der Waals surface area (Å²) in [7, 11) is 1.71. The van der Waals surface area contributed by atoms with Crippen LogP contribution in [0.2, 0.25) is 0 Å². The van der Waals surface area contributed by atoms with E-state index >= 15 is 0 Å². The predicted octanol–water partition coefficient (Wildman–Crippen LogP) is 2.90. The van der Waals surface area contributed by atoms with Crippen LogP contribution in [0, 0.1) is 13.8 Å². The van der Waals surface area contributed by atoms with E-state index in [0.717, 1.165) is 22.2 Å². The molecule has 0 saturated carbocycles. The number of rotatable bonds is 1. The minimum Gasteiger partial charge on any atom is -0.476 e. The highest BCUT2D eigenvalue weighted by Gasteiger charge is 2.22. The second-order valence-corrected chi connectivity index (χ2v) is 5.45. The average Bonchev–Trinajstić information content (AvgIpc) is 2.77. The Morgan fingerprint density at radius 3 is 2.68 bits per heavy atom. The summed E-state index contributed by atoms with van der Waals surface area (Å²) in [5.41, 5.74) is 4.22. The molecule has 0 aliphatic heterocycles. The number of aromatic carboxylic acids is 1. The molecule has 6 heteroatoms. The Hall–Kier alpha value is -1.82. The SMILES string of the molecule is Cc1cc(C)c2nc3n(C)c(C(=O)O)c(Br)n3c2c1. The zero-order valence-electron chi connectivity index (χ0n) is 10.7. The maximum Gasteiger partial charge on any atom is 0.355 e. The zero-order chi connectivity index (χ0) is 13.9. The number of fused-ring (bicyclic) bond motifs is 3. The van der Waals surface area contributed by atoms with Crippen LogP contribution in [0.1, 0.15) is 21.6 Å². The van der Waals surface area contributed by atoms with Crippen LogP contribution in [0.5, 0.6) is 0 Å². The molecule has 2 heterocycles. The largest absolute Gasteiger partial charge is 0.476 e. The molecule has 0 spiro atoms. The second kappa shape index (κ2) is 3.84. The molecular weight excluding hydrogens is 310 g/mol. The smallest absolute Gasteiger partial charge is 0.355 e. The lowest BCUT2D eigenvalue weighted by atomic mass is 10.1. The first-order valence-electron chi connectivity index (χ1n) is 5.78. The second-order valence-electron chi connectivity index (χ2n) is 4.70. The van der Waals surface area contributed by atoms with Gasteiger partial charge in [0.1, 0.15) is 4.60 Å². The van der Waals surface area contributed by atoms with E-state index in [0.29, 0.717) is 10.4 Å². The lowest BCUT2D eigenvalue weighted by Gasteiger charge is -2.00. The lowest BCUT2D eigenvalue weighted by molar-refractivity contribution is 0.0685. The number of benzene rings is 1.